The second-order valence-electron chi connectivity index (χ2n) is 5.20. The maximum absolute atomic E-state index is 12.0. The van der Waals surface area contributed by atoms with Crippen LogP contribution in [0.4, 0.5) is 10.5 Å². The minimum absolute atomic E-state index is 0.0279. The topological polar surface area (TPSA) is 69.7 Å². The standard InChI is InChI=1S/C15H19N3O3S/c1-11-3-5-12(6-4-11)16-13(19)9-17(2)14(20)10-18-7-8-22-15(18)21/h3-6H,7-10H2,1-2H3,(H,16,19). The zero-order valence-electron chi connectivity index (χ0n) is 12.7. The Balaban J connectivity index is 1.81. The number of carbonyl (C=O) groups excluding carboxylic acids is 3. The van der Waals surface area contributed by atoms with Gasteiger partial charge in [-0.25, -0.2) is 0 Å². The highest BCUT2D eigenvalue weighted by atomic mass is 32.2. The van der Waals surface area contributed by atoms with Gasteiger partial charge in [-0.3, -0.25) is 14.4 Å². The van der Waals surface area contributed by atoms with E-state index in [1.54, 1.807) is 7.05 Å². The average molecular weight is 321 g/mol. The van der Waals surface area contributed by atoms with Gasteiger partial charge in [-0.2, -0.15) is 0 Å². The number of nitrogens with zero attached hydrogens (tertiary/aromatic N) is 2. The lowest BCUT2D eigenvalue weighted by atomic mass is 10.2. The van der Waals surface area contributed by atoms with E-state index in [0.717, 1.165) is 5.56 Å². The molecule has 6 nitrogen and oxygen atoms in total. The van der Waals surface area contributed by atoms with Gasteiger partial charge in [0.05, 0.1) is 6.54 Å². The minimum atomic E-state index is -0.262. The van der Waals surface area contributed by atoms with Crippen LogP contribution in [-0.2, 0) is 9.59 Å². The number of likely N-dealkylation sites (N-methyl/N-ethyl adjacent to an activating group) is 1. The van der Waals surface area contributed by atoms with Gasteiger partial charge in [-0.1, -0.05) is 29.5 Å². The van der Waals surface area contributed by atoms with Crippen molar-refractivity contribution < 1.29 is 14.4 Å². The molecular formula is C15H19N3O3S. The van der Waals surface area contributed by atoms with Crippen molar-refractivity contribution in [1.29, 1.82) is 0 Å². The predicted molar refractivity (Wildman–Crippen MR) is 86.9 cm³/mol. The average Bonchev–Trinajstić information content (AvgIpc) is 2.86. The number of hydrogen-bond donors (Lipinski definition) is 1. The third-order valence-electron chi connectivity index (χ3n) is 3.31. The van der Waals surface area contributed by atoms with E-state index >= 15 is 0 Å². The Kier molecular flexibility index (Phi) is 5.43. The normalized spacial score (nSPS) is 14.1. The number of aryl methyl sites for hydroxylation is 1. The highest BCUT2D eigenvalue weighted by molar-refractivity contribution is 8.13. The molecule has 7 heteroatoms. The lowest BCUT2D eigenvalue weighted by Gasteiger charge is -2.20. The van der Waals surface area contributed by atoms with E-state index in [2.05, 4.69) is 5.32 Å². The van der Waals surface area contributed by atoms with Crippen LogP contribution in [0.3, 0.4) is 0 Å². The second kappa shape index (κ2) is 7.31. The van der Waals surface area contributed by atoms with E-state index in [-0.39, 0.29) is 30.1 Å². The summed E-state index contributed by atoms with van der Waals surface area (Å²) in [5.74, 6) is 0.209. The number of carbonyl (C=O) groups is 3. The van der Waals surface area contributed by atoms with Crippen molar-refractivity contribution >= 4 is 34.5 Å². The number of amides is 3. The first-order valence-corrected chi connectivity index (χ1v) is 7.96. The van der Waals surface area contributed by atoms with Crippen molar-refractivity contribution in [2.45, 2.75) is 6.92 Å². The summed E-state index contributed by atoms with van der Waals surface area (Å²) in [6, 6.07) is 7.44. The number of anilines is 1. The summed E-state index contributed by atoms with van der Waals surface area (Å²) >= 11 is 1.21. The van der Waals surface area contributed by atoms with E-state index in [4.69, 9.17) is 0 Å². The molecule has 0 saturated carbocycles. The Morgan fingerprint density at radius 2 is 2.00 bits per heavy atom. The van der Waals surface area contributed by atoms with Crippen LogP contribution >= 0.6 is 11.8 Å². The third-order valence-corrected chi connectivity index (χ3v) is 4.20. The highest BCUT2D eigenvalue weighted by Crippen LogP contribution is 2.16. The van der Waals surface area contributed by atoms with Crippen LogP contribution in [0.2, 0.25) is 0 Å². The maximum atomic E-state index is 12.0. The van der Waals surface area contributed by atoms with Crippen LogP contribution < -0.4 is 5.32 Å². The summed E-state index contributed by atoms with van der Waals surface area (Å²) in [6.45, 7) is 2.54. The highest BCUT2D eigenvalue weighted by Gasteiger charge is 2.25. The van der Waals surface area contributed by atoms with Crippen molar-refractivity contribution in [3.8, 4) is 0 Å². The Morgan fingerprint density at radius 3 is 2.59 bits per heavy atom. The molecule has 1 aromatic carbocycles. The molecular weight excluding hydrogens is 302 g/mol. The third kappa shape index (κ3) is 4.49. The largest absolute Gasteiger partial charge is 0.335 e. The van der Waals surface area contributed by atoms with E-state index in [1.807, 2.05) is 31.2 Å². The molecule has 0 unspecified atom stereocenters. The van der Waals surface area contributed by atoms with Gasteiger partial charge < -0.3 is 15.1 Å². The van der Waals surface area contributed by atoms with Crippen molar-refractivity contribution in [1.82, 2.24) is 9.80 Å². The first-order chi connectivity index (χ1) is 10.5. The zero-order valence-corrected chi connectivity index (χ0v) is 13.5. The fourth-order valence-corrected chi connectivity index (χ4v) is 2.82. The molecule has 22 heavy (non-hydrogen) atoms. The van der Waals surface area contributed by atoms with E-state index in [9.17, 15) is 14.4 Å². The lowest BCUT2D eigenvalue weighted by Crippen LogP contribution is -2.41. The molecule has 0 bridgehead atoms. The van der Waals surface area contributed by atoms with Crippen LogP contribution in [-0.4, -0.2) is 59.3 Å². The molecule has 1 fully saturated rings. The lowest BCUT2D eigenvalue weighted by molar-refractivity contribution is -0.133. The van der Waals surface area contributed by atoms with Crippen molar-refractivity contribution in [3.05, 3.63) is 29.8 Å². The molecule has 0 aliphatic carbocycles. The van der Waals surface area contributed by atoms with Crippen LogP contribution in [0, 0.1) is 6.92 Å². The smallest absolute Gasteiger partial charge is 0.282 e. The van der Waals surface area contributed by atoms with Crippen LogP contribution in [0.1, 0.15) is 5.56 Å². The number of benzene rings is 1. The summed E-state index contributed by atoms with van der Waals surface area (Å²) < 4.78 is 0. The first-order valence-electron chi connectivity index (χ1n) is 6.98. The fourth-order valence-electron chi connectivity index (χ4n) is 1.99. The monoisotopic (exact) mass is 321 g/mol. The molecule has 2 rings (SSSR count). The van der Waals surface area contributed by atoms with Crippen molar-refractivity contribution in [2.24, 2.45) is 0 Å². The quantitative estimate of drug-likeness (QED) is 0.893. The molecule has 3 amide bonds. The first kappa shape index (κ1) is 16.4. The Morgan fingerprint density at radius 1 is 1.32 bits per heavy atom. The van der Waals surface area contributed by atoms with Crippen LogP contribution in [0.15, 0.2) is 24.3 Å². The van der Waals surface area contributed by atoms with Gasteiger partial charge in [-0.15, -0.1) is 0 Å². The molecule has 1 heterocycles. The summed E-state index contributed by atoms with van der Waals surface area (Å²) in [6.07, 6.45) is 0. The molecule has 0 atom stereocenters. The van der Waals surface area contributed by atoms with Gasteiger partial charge >= 0.3 is 0 Å². The van der Waals surface area contributed by atoms with Gasteiger partial charge in [-0.05, 0) is 19.1 Å². The van der Waals surface area contributed by atoms with Gasteiger partial charge in [0.15, 0.2) is 0 Å². The second-order valence-corrected chi connectivity index (χ2v) is 6.25. The predicted octanol–water partition coefficient (Wildman–Crippen LogP) is 1.56. The molecule has 1 aliphatic rings. The number of nitrogens with one attached hydrogen (secondary N) is 1. The number of hydrogen-bond acceptors (Lipinski definition) is 4. The summed E-state index contributed by atoms with van der Waals surface area (Å²) in [4.78, 5) is 38.2. The fraction of sp³-hybridized carbons (Fsp3) is 0.400. The van der Waals surface area contributed by atoms with Crippen LogP contribution in [0.5, 0.6) is 0 Å². The van der Waals surface area contributed by atoms with Gasteiger partial charge in [0.2, 0.25) is 11.8 Å². The zero-order chi connectivity index (χ0) is 16.1. The van der Waals surface area contributed by atoms with Gasteiger partial charge in [0.25, 0.3) is 5.24 Å². The molecule has 0 aromatic heterocycles. The molecule has 1 aromatic rings. The Bertz CT molecular complexity index is 574. The van der Waals surface area contributed by atoms with Gasteiger partial charge in [0.1, 0.15) is 6.54 Å². The molecule has 1 saturated heterocycles. The molecule has 1 aliphatic heterocycles. The Hall–Kier alpha value is -2.02. The number of rotatable bonds is 5. The van der Waals surface area contributed by atoms with Crippen LogP contribution in [0.25, 0.3) is 0 Å². The van der Waals surface area contributed by atoms with Gasteiger partial charge in [0, 0.05) is 25.0 Å². The SMILES string of the molecule is Cc1ccc(NC(=O)CN(C)C(=O)CN2CCSC2=O)cc1. The Labute approximate surface area is 133 Å². The summed E-state index contributed by atoms with van der Waals surface area (Å²) in [7, 11) is 1.56. The van der Waals surface area contributed by atoms with Crippen molar-refractivity contribution in [2.75, 3.05) is 37.8 Å². The molecule has 0 spiro atoms. The summed E-state index contributed by atoms with van der Waals surface area (Å²) in [5, 5.41) is 2.66. The number of thioether (sulfide) groups is 1. The molecule has 0 radical (unpaired) electrons. The summed E-state index contributed by atoms with van der Waals surface area (Å²) in [5.41, 5.74) is 1.81. The maximum Gasteiger partial charge on any atom is 0.282 e. The van der Waals surface area contributed by atoms with E-state index < -0.39 is 0 Å². The molecule has 1 N–H and O–H groups in total. The van der Waals surface area contributed by atoms with E-state index in [0.29, 0.717) is 18.0 Å². The van der Waals surface area contributed by atoms with Crippen molar-refractivity contribution in [3.63, 3.8) is 0 Å². The molecule has 118 valence electrons. The minimum Gasteiger partial charge on any atom is -0.335 e. The van der Waals surface area contributed by atoms with E-state index in [1.165, 1.54) is 21.6 Å².